The Morgan fingerprint density at radius 2 is 2.16 bits per heavy atom. The van der Waals surface area contributed by atoms with Crippen LogP contribution < -0.4 is 5.32 Å². The molecule has 1 aliphatic carbocycles. The maximum absolute atomic E-state index is 11.8. The Kier molecular flexibility index (Phi) is 3.79. The standard InChI is InChI=1S/C11H12N2O5S/c14-10(8-3-4-9(19-8)13(17)18)12-7-2-1-6(5-7)11(15)16/h3-4,6-7H,1-2,5H2,(H,12,14)(H,15,16)/t6-,7+/m1/s1. The van der Waals surface area contributed by atoms with Crippen LogP contribution in [-0.2, 0) is 4.79 Å². The monoisotopic (exact) mass is 284 g/mol. The maximum atomic E-state index is 11.8. The summed E-state index contributed by atoms with van der Waals surface area (Å²) in [5, 5.41) is 22.0. The van der Waals surface area contributed by atoms with E-state index in [1.54, 1.807) is 0 Å². The van der Waals surface area contributed by atoms with Crippen LogP contribution in [0.25, 0.3) is 0 Å². The normalized spacial score (nSPS) is 22.1. The van der Waals surface area contributed by atoms with Crippen LogP contribution in [0.1, 0.15) is 28.9 Å². The first-order valence-electron chi connectivity index (χ1n) is 5.75. The van der Waals surface area contributed by atoms with Crippen LogP contribution in [0, 0.1) is 16.0 Å². The summed E-state index contributed by atoms with van der Waals surface area (Å²) < 4.78 is 0. The molecule has 1 aromatic heterocycles. The van der Waals surface area contributed by atoms with E-state index in [4.69, 9.17) is 5.11 Å². The van der Waals surface area contributed by atoms with Crippen molar-refractivity contribution in [2.24, 2.45) is 5.92 Å². The molecule has 1 fully saturated rings. The fourth-order valence-electron chi connectivity index (χ4n) is 2.14. The number of carboxylic acid groups (broad SMARTS) is 1. The van der Waals surface area contributed by atoms with Crippen molar-refractivity contribution < 1.29 is 19.6 Å². The maximum Gasteiger partial charge on any atom is 0.324 e. The molecule has 0 saturated heterocycles. The lowest BCUT2D eigenvalue weighted by Crippen LogP contribution is -2.32. The molecule has 19 heavy (non-hydrogen) atoms. The highest BCUT2D eigenvalue weighted by Crippen LogP contribution is 2.27. The number of rotatable bonds is 4. The number of amides is 1. The molecule has 1 heterocycles. The van der Waals surface area contributed by atoms with E-state index >= 15 is 0 Å². The average Bonchev–Trinajstić information content (AvgIpc) is 2.96. The second-order valence-electron chi connectivity index (χ2n) is 4.41. The van der Waals surface area contributed by atoms with Gasteiger partial charge in [0.2, 0.25) is 0 Å². The third-order valence-electron chi connectivity index (χ3n) is 3.11. The fourth-order valence-corrected chi connectivity index (χ4v) is 2.86. The molecule has 1 aliphatic rings. The van der Waals surface area contributed by atoms with E-state index in [0.717, 1.165) is 11.3 Å². The number of nitrogens with zero attached hydrogens (tertiary/aromatic N) is 1. The molecule has 1 amide bonds. The number of nitro groups is 1. The second kappa shape index (κ2) is 5.35. The number of thiophene rings is 1. The molecule has 1 aromatic rings. The Morgan fingerprint density at radius 1 is 1.42 bits per heavy atom. The summed E-state index contributed by atoms with van der Waals surface area (Å²) >= 11 is 0.812. The Labute approximate surface area is 112 Å². The number of carboxylic acids is 1. The van der Waals surface area contributed by atoms with Crippen LogP contribution in [0.3, 0.4) is 0 Å². The van der Waals surface area contributed by atoms with Gasteiger partial charge in [-0.15, -0.1) is 0 Å². The largest absolute Gasteiger partial charge is 0.481 e. The molecule has 0 unspecified atom stereocenters. The smallest absolute Gasteiger partial charge is 0.324 e. The van der Waals surface area contributed by atoms with Crippen LogP contribution >= 0.6 is 11.3 Å². The van der Waals surface area contributed by atoms with E-state index in [-0.39, 0.29) is 21.8 Å². The van der Waals surface area contributed by atoms with Crippen molar-refractivity contribution in [3.63, 3.8) is 0 Å². The Morgan fingerprint density at radius 3 is 2.68 bits per heavy atom. The van der Waals surface area contributed by atoms with Crippen LogP contribution in [0.2, 0.25) is 0 Å². The van der Waals surface area contributed by atoms with Crippen LogP contribution in [0.5, 0.6) is 0 Å². The number of hydrogen-bond donors (Lipinski definition) is 2. The summed E-state index contributed by atoms with van der Waals surface area (Å²) in [6, 6.07) is 2.52. The molecular weight excluding hydrogens is 272 g/mol. The second-order valence-corrected chi connectivity index (χ2v) is 5.48. The van der Waals surface area contributed by atoms with E-state index in [1.165, 1.54) is 12.1 Å². The highest BCUT2D eigenvalue weighted by molar-refractivity contribution is 7.17. The molecule has 2 rings (SSSR count). The molecule has 2 atom stereocenters. The van der Waals surface area contributed by atoms with Crippen molar-refractivity contribution in [2.45, 2.75) is 25.3 Å². The molecule has 1 saturated carbocycles. The van der Waals surface area contributed by atoms with Gasteiger partial charge in [0, 0.05) is 12.1 Å². The SMILES string of the molecule is O=C(N[C@H]1CC[C@@H](C(=O)O)C1)c1ccc([N+](=O)[O-])s1. The first kappa shape index (κ1) is 13.5. The summed E-state index contributed by atoms with van der Waals surface area (Å²) in [7, 11) is 0. The van der Waals surface area contributed by atoms with E-state index in [0.29, 0.717) is 19.3 Å². The van der Waals surface area contributed by atoms with Gasteiger partial charge in [-0.1, -0.05) is 11.3 Å². The van der Waals surface area contributed by atoms with Crippen LogP contribution in [0.15, 0.2) is 12.1 Å². The third-order valence-corrected chi connectivity index (χ3v) is 4.15. The molecule has 0 spiro atoms. The van der Waals surface area contributed by atoms with Gasteiger partial charge in [0.15, 0.2) is 0 Å². The number of carbonyl (C=O) groups is 2. The summed E-state index contributed by atoms with van der Waals surface area (Å²) in [5.41, 5.74) is 0. The first-order chi connectivity index (χ1) is 8.97. The Balaban J connectivity index is 1.94. The molecular formula is C11H12N2O5S. The van der Waals surface area contributed by atoms with Crippen molar-refractivity contribution in [1.82, 2.24) is 5.32 Å². The fraction of sp³-hybridized carbons (Fsp3) is 0.455. The molecule has 0 aliphatic heterocycles. The van der Waals surface area contributed by atoms with Crippen molar-refractivity contribution in [3.05, 3.63) is 27.1 Å². The van der Waals surface area contributed by atoms with E-state index in [2.05, 4.69) is 5.32 Å². The lowest BCUT2D eigenvalue weighted by Gasteiger charge is -2.11. The van der Waals surface area contributed by atoms with Gasteiger partial charge >= 0.3 is 11.0 Å². The molecule has 7 nitrogen and oxygen atoms in total. The number of carbonyl (C=O) groups excluding carboxylic acids is 1. The third kappa shape index (κ3) is 3.08. The molecule has 8 heteroatoms. The summed E-state index contributed by atoms with van der Waals surface area (Å²) in [5.74, 6) is -1.64. The van der Waals surface area contributed by atoms with Gasteiger partial charge in [-0.3, -0.25) is 19.7 Å². The molecule has 102 valence electrons. The molecule has 2 N–H and O–H groups in total. The zero-order chi connectivity index (χ0) is 14.0. The lowest BCUT2D eigenvalue weighted by molar-refractivity contribution is -0.380. The van der Waals surface area contributed by atoms with Crippen molar-refractivity contribution >= 4 is 28.2 Å². The van der Waals surface area contributed by atoms with Crippen molar-refractivity contribution in [1.29, 1.82) is 0 Å². The zero-order valence-electron chi connectivity index (χ0n) is 9.87. The molecule has 0 radical (unpaired) electrons. The van der Waals surface area contributed by atoms with Gasteiger partial charge in [-0.2, -0.15) is 0 Å². The first-order valence-corrected chi connectivity index (χ1v) is 6.57. The predicted octanol–water partition coefficient (Wildman–Crippen LogP) is 1.64. The number of hydrogen-bond acceptors (Lipinski definition) is 5. The van der Waals surface area contributed by atoms with Crippen LogP contribution in [0.4, 0.5) is 5.00 Å². The average molecular weight is 284 g/mol. The van der Waals surface area contributed by atoms with Gasteiger partial charge in [0.05, 0.1) is 15.7 Å². The molecule has 0 bridgehead atoms. The zero-order valence-corrected chi connectivity index (χ0v) is 10.7. The van der Waals surface area contributed by atoms with E-state index in [1.807, 2.05) is 0 Å². The van der Waals surface area contributed by atoms with Crippen molar-refractivity contribution in [3.8, 4) is 0 Å². The van der Waals surface area contributed by atoms with Gasteiger partial charge in [-0.25, -0.2) is 0 Å². The van der Waals surface area contributed by atoms with Gasteiger partial charge in [0.25, 0.3) is 5.91 Å². The number of nitrogens with one attached hydrogen (secondary N) is 1. The minimum Gasteiger partial charge on any atom is -0.481 e. The van der Waals surface area contributed by atoms with E-state index in [9.17, 15) is 19.7 Å². The summed E-state index contributed by atoms with van der Waals surface area (Å²) in [6.07, 6.45) is 1.58. The van der Waals surface area contributed by atoms with Crippen molar-refractivity contribution in [2.75, 3.05) is 0 Å². The van der Waals surface area contributed by atoms with Gasteiger partial charge in [-0.05, 0) is 25.3 Å². The minimum absolute atomic E-state index is 0.0833. The minimum atomic E-state index is -0.844. The van der Waals surface area contributed by atoms with E-state index < -0.39 is 16.8 Å². The highest BCUT2D eigenvalue weighted by atomic mass is 32.1. The lowest BCUT2D eigenvalue weighted by atomic mass is 10.1. The highest BCUT2D eigenvalue weighted by Gasteiger charge is 2.31. The number of aliphatic carboxylic acids is 1. The Hall–Kier alpha value is -1.96. The van der Waals surface area contributed by atoms with Gasteiger partial charge in [0.1, 0.15) is 0 Å². The quantitative estimate of drug-likeness (QED) is 0.645. The van der Waals surface area contributed by atoms with Crippen LogP contribution in [-0.4, -0.2) is 27.9 Å². The predicted molar refractivity (Wildman–Crippen MR) is 67.2 cm³/mol. The molecule has 0 aromatic carbocycles. The Bertz CT molecular complexity index is 527. The van der Waals surface area contributed by atoms with Gasteiger partial charge < -0.3 is 10.4 Å². The topological polar surface area (TPSA) is 110 Å². The summed E-state index contributed by atoms with van der Waals surface area (Å²) in [4.78, 5) is 32.9. The summed E-state index contributed by atoms with van der Waals surface area (Å²) in [6.45, 7) is 0.